The second-order valence-electron chi connectivity index (χ2n) is 11.2. The van der Waals surface area contributed by atoms with Crippen LogP contribution in [0, 0.1) is 23.7 Å². The van der Waals surface area contributed by atoms with Crippen molar-refractivity contribution in [2.75, 3.05) is 14.2 Å². The third-order valence-electron chi connectivity index (χ3n) is 8.49. The van der Waals surface area contributed by atoms with Crippen LogP contribution in [0.4, 0.5) is 0 Å². The molecule has 0 aromatic carbocycles. The van der Waals surface area contributed by atoms with Crippen molar-refractivity contribution in [1.82, 2.24) is 9.55 Å². The number of aromatic nitrogens is 2. The van der Waals surface area contributed by atoms with E-state index in [0.29, 0.717) is 42.4 Å². The Morgan fingerprint density at radius 2 is 2.03 bits per heavy atom. The topological polar surface area (TPSA) is 88.9 Å². The molecule has 202 valence electrons. The van der Waals surface area contributed by atoms with E-state index in [1.165, 1.54) is 18.8 Å². The van der Waals surface area contributed by atoms with Crippen molar-refractivity contribution in [3.63, 3.8) is 0 Å². The predicted molar refractivity (Wildman–Crippen MR) is 139 cm³/mol. The van der Waals surface area contributed by atoms with Crippen LogP contribution in [0.1, 0.15) is 59.1 Å². The van der Waals surface area contributed by atoms with E-state index >= 15 is 0 Å². The van der Waals surface area contributed by atoms with Crippen LogP contribution in [0.25, 0.3) is 6.08 Å². The number of nitrogens with zero attached hydrogens (tertiary/aromatic N) is 2. The van der Waals surface area contributed by atoms with Gasteiger partial charge in [-0.3, -0.25) is 0 Å². The molecule has 3 aliphatic rings. The minimum atomic E-state index is -1.26. The fraction of sp³-hybridized carbons (Fsp3) is 0.621. The van der Waals surface area contributed by atoms with Gasteiger partial charge in [0.2, 0.25) is 5.79 Å². The van der Waals surface area contributed by atoms with Crippen LogP contribution in [-0.2, 0) is 35.6 Å². The molecule has 3 heterocycles. The van der Waals surface area contributed by atoms with Gasteiger partial charge in [0.1, 0.15) is 11.7 Å². The first kappa shape index (κ1) is 27.3. The highest BCUT2D eigenvalue weighted by Crippen LogP contribution is 2.52. The molecule has 1 fully saturated rings. The molecule has 0 unspecified atom stereocenters. The number of hydrogen-bond acceptors (Lipinski definition) is 7. The minimum absolute atomic E-state index is 0.0444. The number of esters is 2. The predicted octanol–water partition coefficient (Wildman–Crippen LogP) is 4.61. The van der Waals surface area contributed by atoms with E-state index in [0.717, 1.165) is 6.42 Å². The van der Waals surface area contributed by atoms with Crippen LogP contribution in [0.5, 0.6) is 0 Å². The summed E-state index contributed by atoms with van der Waals surface area (Å²) >= 11 is 0. The molecular formula is C29H40N2O6. The first-order chi connectivity index (χ1) is 17.5. The van der Waals surface area contributed by atoms with Gasteiger partial charge in [0.05, 0.1) is 24.7 Å². The number of rotatable bonds is 6. The summed E-state index contributed by atoms with van der Waals surface area (Å²) in [4.78, 5) is 30.4. The fourth-order valence-corrected chi connectivity index (χ4v) is 6.25. The second-order valence-corrected chi connectivity index (χ2v) is 11.2. The Morgan fingerprint density at radius 3 is 2.65 bits per heavy atom. The average molecular weight is 513 g/mol. The lowest BCUT2D eigenvalue weighted by Crippen LogP contribution is -2.47. The monoisotopic (exact) mass is 512 g/mol. The van der Waals surface area contributed by atoms with Crippen LogP contribution < -0.4 is 0 Å². The van der Waals surface area contributed by atoms with E-state index in [-0.39, 0.29) is 11.8 Å². The minimum Gasteiger partial charge on any atom is -0.466 e. The number of allylic oxidation sites excluding steroid dienone is 3. The zero-order valence-electron chi connectivity index (χ0n) is 23.0. The molecule has 0 N–H and O–H groups in total. The average Bonchev–Trinajstić information content (AvgIpc) is 3.45. The molecule has 4 rings (SSSR count). The molecule has 37 heavy (non-hydrogen) atoms. The van der Waals surface area contributed by atoms with E-state index in [1.807, 2.05) is 30.8 Å². The highest BCUT2D eigenvalue weighted by Gasteiger charge is 2.58. The molecule has 2 bridgehead atoms. The zero-order valence-corrected chi connectivity index (χ0v) is 23.0. The van der Waals surface area contributed by atoms with Crippen LogP contribution in [-0.4, -0.2) is 53.2 Å². The molecule has 0 radical (unpaired) electrons. The lowest BCUT2D eigenvalue weighted by atomic mass is 9.65. The Hall–Kier alpha value is -2.71. The highest BCUT2D eigenvalue weighted by molar-refractivity contribution is 5.90. The summed E-state index contributed by atoms with van der Waals surface area (Å²) in [7, 11) is 4.81. The number of aryl methyl sites for hydroxylation is 1. The van der Waals surface area contributed by atoms with E-state index in [2.05, 4.69) is 31.8 Å². The van der Waals surface area contributed by atoms with Gasteiger partial charge in [-0.05, 0) is 62.9 Å². The lowest BCUT2D eigenvalue weighted by molar-refractivity contribution is -0.239. The number of ether oxygens (including phenoxy) is 4. The maximum Gasteiger partial charge on any atom is 0.338 e. The normalized spacial score (nSPS) is 35.1. The second kappa shape index (κ2) is 10.6. The van der Waals surface area contributed by atoms with Crippen LogP contribution in [0.2, 0.25) is 0 Å². The van der Waals surface area contributed by atoms with Gasteiger partial charge in [-0.1, -0.05) is 31.6 Å². The zero-order chi connectivity index (χ0) is 27.0. The summed E-state index contributed by atoms with van der Waals surface area (Å²) in [6.45, 7) is 8.51. The maximum absolute atomic E-state index is 13.1. The molecule has 8 nitrogen and oxygen atoms in total. The van der Waals surface area contributed by atoms with E-state index in [9.17, 15) is 9.59 Å². The fourth-order valence-electron chi connectivity index (χ4n) is 6.25. The Balaban J connectivity index is 1.75. The summed E-state index contributed by atoms with van der Waals surface area (Å²) in [6, 6.07) is 0. The number of hydrogen-bond donors (Lipinski definition) is 0. The Kier molecular flexibility index (Phi) is 7.81. The maximum atomic E-state index is 13.1. The van der Waals surface area contributed by atoms with Crippen molar-refractivity contribution in [3.05, 3.63) is 47.6 Å². The number of fused-ring (bicyclic) bond motifs is 3. The summed E-state index contributed by atoms with van der Waals surface area (Å²) in [5.41, 5.74) is 1.46. The SMILES string of the molecule is COC(=O)/C1=C/[C@@H]2[C@@H](C(C)C)CC=C(C)[C@@H]2C[C@H](OC(=O)/C=C/c2cn(C)cn2)[C@]2(C)CC[C@@]1(OC)O2. The van der Waals surface area contributed by atoms with Gasteiger partial charge in [-0.2, -0.15) is 0 Å². The van der Waals surface area contributed by atoms with E-state index in [1.54, 1.807) is 19.5 Å². The number of carbonyl (C=O) groups is 2. The van der Waals surface area contributed by atoms with Crippen molar-refractivity contribution in [2.45, 2.75) is 70.9 Å². The van der Waals surface area contributed by atoms with Crippen LogP contribution in [0.3, 0.4) is 0 Å². The van der Waals surface area contributed by atoms with Crippen LogP contribution in [0.15, 0.2) is 41.9 Å². The summed E-state index contributed by atoms with van der Waals surface area (Å²) in [6.07, 6.45) is 12.9. The Morgan fingerprint density at radius 1 is 1.27 bits per heavy atom. The van der Waals surface area contributed by atoms with Gasteiger partial charge in [-0.25, -0.2) is 14.6 Å². The number of methoxy groups -OCH3 is 2. The van der Waals surface area contributed by atoms with E-state index < -0.39 is 29.4 Å². The third kappa shape index (κ3) is 5.32. The molecule has 0 amide bonds. The van der Waals surface area contributed by atoms with E-state index in [4.69, 9.17) is 18.9 Å². The molecule has 6 atom stereocenters. The quantitative estimate of drug-likeness (QED) is 0.312. The van der Waals surface area contributed by atoms with Crippen molar-refractivity contribution in [3.8, 4) is 0 Å². The van der Waals surface area contributed by atoms with Crippen molar-refractivity contribution >= 4 is 18.0 Å². The Labute approximate surface area is 219 Å². The first-order valence-corrected chi connectivity index (χ1v) is 13.1. The largest absolute Gasteiger partial charge is 0.466 e. The molecule has 0 saturated carbocycles. The van der Waals surface area contributed by atoms with Gasteiger partial charge >= 0.3 is 11.9 Å². The molecule has 1 saturated heterocycles. The Bertz CT molecular complexity index is 1120. The van der Waals surface area contributed by atoms with Gasteiger partial charge in [0.15, 0.2) is 0 Å². The summed E-state index contributed by atoms with van der Waals surface area (Å²) in [5.74, 6) is -1.34. The third-order valence-corrected chi connectivity index (χ3v) is 8.49. The van der Waals surface area contributed by atoms with Gasteiger partial charge in [-0.15, -0.1) is 0 Å². The first-order valence-electron chi connectivity index (χ1n) is 13.1. The van der Waals surface area contributed by atoms with Crippen molar-refractivity contribution < 1.29 is 28.5 Å². The van der Waals surface area contributed by atoms with Crippen molar-refractivity contribution in [1.29, 1.82) is 0 Å². The van der Waals surface area contributed by atoms with Gasteiger partial charge in [0, 0.05) is 32.9 Å². The molecule has 8 heteroatoms. The highest BCUT2D eigenvalue weighted by atomic mass is 16.7. The number of imidazole rings is 1. The molecule has 1 aromatic heterocycles. The molecule has 0 spiro atoms. The summed E-state index contributed by atoms with van der Waals surface area (Å²) in [5, 5.41) is 0. The van der Waals surface area contributed by atoms with Crippen molar-refractivity contribution in [2.24, 2.45) is 30.7 Å². The smallest absolute Gasteiger partial charge is 0.338 e. The molecular weight excluding hydrogens is 472 g/mol. The summed E-state index contributed by atoms with van der Waals surface area (Å²) < 4.78 is 25.8. The standard InChI is InChI=1S/C29H40N2O6/c1-18(2)21-10-8-19(3)22-15-25(36-26(32)11-9-20-16-31(5)17-30-20)28(4)12-13-29(35-7,37-28)24(14-23(21)22)27(33)34-6/h8-9,11,14,16-18,21-23,25H,10,12-13,15H2,1-7H3/b11-9+,24-14-/t21-,22+,23-,25+,28+,29-/m1/s1. The molecule has 1 aliphatic carbocycles. The molecule has 1 aromatic rings. The molecule has 2 aliphatic heterocycles. The lowest BCUT2D eigenvalue weighted by Gasteiger charge is -2.41. The van der Waals surface area contributed by atoms with Gasteiger partial charge < -0.3 is 23.5 Å². The van der Waals surface area contributed by atoms with Crippen LogP contribution >= 0.6 is 0 Å². The number of carbonyl (C=O) groups excluding carboxylic acids is 2. The van der Waals surface area contributed by atoms with Gasteiger partial charge in [0.25, 0.3) is 0 Å².